The molecule has 1 saturated heterocycles. The normalized spacial score (nSPS) is 23.2. The van der Waals surface area contributed by atoms with Gasteiger partial charge >= 0.3 is 5.97 Å². The highest BCUT2D eigenvalue weighted by atomic mass is 35.5. The third-order valence-electron chi connectivity index (χ3n) is 7.15. The van der Waals surface area contributed by atoms with Gasteiger partial charge in [-0.2, -0.15) is 0 Å². The number of carbonyl (C=O) groups excluding carboxylic acids is 2. The van der Waals surface area contributed by atoms with E-state index in [2.05, 4.69) is 20.8 Å². The number of esters is 1. The standard InChI is InChI=1S/C28H29ClN2O3/c1-27(2)13-18-14-28(3,16-27)17-31(18)25(32)15-34-26(33)21-12-24(20-9-4-6-10-22(20)29)30-23-11-7-5-8-19(21)23/h4-12,18H,13-17H2,1-3H3/t18-,28-/m1/s1. The van der Waals surface area contributed by atoms with Gasteiger partial charge in [-0.25, -0.2) is 9.78 Å². The number of para-hydroxylation sites is 1. The van der Waals surface area contributed by atoms with Gasteiger partial charge in [0.1, 0.15) is 0 Å². The lowest BCUT2D eigenvalue weighted by atomic mass is 9.65. The third kappa shape index (κ3) is 4.29. The van der Waals surface area contributed by atoms with Crippen LogP contribution in [-0.2, 0) is 9.53 Å². The second-order valence-corrected chi connectivity index (χ2v) is 11.3. The van der Waals surface area contributed by atoms with E-state index >= 15 is 0 Å². The minimum absolute atomic E-state index is 0.121. The van der Waals surface area contributed by atoms with Gasteiger partial charge in [0.05, 0.1) is 16.8 Å². The summed E-state index contributed by atoms with van der Waals surface area (Å²) in [6, 6.07) is 16.7. The van der Waals surface area contributed by atoms with Crippen molar-refractivity contribution in [1.29, 1.82) is 0 Å². The Kier molecular flexibility index (Phi) is 5.64. The Bertz CT molecular complexity index is 1290. The molecule has 1 aliphatic carbocycles. The monoisotopic (exact) mass is 476 g/mol. The average molecular weight is 477 g/mol. The Morgan fingerprint density at radius 1 is 1.09 bits per heavy atom. The second kappa shape index (κ2) is 8.38. The second-order valence-electron chi connectivity index (χ2n) is 10.9. The SMILES string of the molecule is CC1(C)C[C@@H]2C[C@@](C)(CN2C(=O)COC(=O)c2cc(-c3ccccc3Cl)nc3ccccc23)C1. The van der Waals surface area contributed by atoms with Crippen molar-refractivity contribution in [1.82, 2.24) is 9.88 Å². The van der Waals surface area contributed by atoms with Crippen molar-refractivity contribution < 1.29 is 14.3 Å². The molecule has 3 aromatic rings. The van der Waals surface area contributed by atoms with Crippen LogP contribution in [0.3, 0.4) is 0 Å². The van der Waals surface area contributed by atoms with Crippen LogP contribution in [0.1, 0.15) is 50.4 Å². The summed E-state index contributed by atoms with van der Waals surface area (Å²) < 4.78 is 5.57. The molecule has 0 unspecified atom stereocenters. The first kappa shape index (κ1) is 22.9. The summed E-state index contributed by atoms with van der Waals surface area (Å²) in [5.41, 5.74) is 2.72. The molecule has 1 aromatic heterocycles. The Balaban J connectivity index is 1.38. The van der Waals surface area contributed by atoms with Crippen molar-refractivity contribution in [3.8, 4) is 11.3 Å². The number of pyridine rings is 1. The van der Waals surface area contributed by atoms with Gasteiger partial charge in [-0.15, -0.1) is 0 Å². The number of benzene rings is 2. The van der Waals surface area contributed by atoms with Gasteiger partial charge in [-0.1, -0.05) is 68.8 Å². The smallest absolute Gasteiger partial charge is 0.339 e. The molecule has 1 amide bonds. The number of hydrogen-bond donors (Lipinski definition) is 0. The molecule has 2 bridgehead atoms. The van der Waals surface area contributed by atoms with E-state index in [0.717, 1.165) is 31.4 Å². The van der Waals surface area contributed by atoms with E-state index in [9.17, 15) is 9.59 Å². The van der Waals surface area contributed by atoms with Gasteiger partial charge in [-0.05, 0) is 48.3 Å². The van der Waals surface area contributed by atoms with Crippen molar-refractivity contribution in [3.63, 3.8) is 0 Å². The quantitative estimate of drug-likeness (QED) is 0.424. The fourth-order valence-corrected chi connectivity index (χ4v) is 6.42. The van der Waals surface area contributed by atoms with Crippen molar-refractivity contribution >= 4 is 34.4 Å². The molecule has 6 heteroatoms. The van der Waals surface area contributed by atoms with Crippen LogP contribution in [0.15, 0.2) is 54.6 Å². The number of amides is 1. The van der Waals surface area contributed by atoms with Gasteiger partial charge in [0.25, 0.3) is 5.91 Å². The van der Waals surface area contributed by atoms with Crippen LogP contribution >= 0.6 is 11.6 Å². The van der Waals surface area contributed by atoms with Gasteiger partial charge in [0, 0.05) is 28.6 Å². The highest BCUT2D eigenvalue weighted by Crippen LogP contribution is 2.52. The topological polar surface area (TPSA) is 59.5 Å². The van der Waals surface area contributed by atoms with Gasteiger partial charge in [-0.3, -0.25) is 4.79 Å². The maximum atomic E-state index is 13.2. The molecule has 0 N–H and O–H groups in total. The van der Waals surface area contributed by atoms with E-state index in [1.165, 1.54) is 0 Å². The van der Waals surface area contributed by atoms with Crippen LogP contribution in [0.2, 0.25) is 5.02 Å². The molecule has 0 spiro atoms. The van der Waals surface area contributed by atoms with E-state index in [0.29, 0.717) is 27.2 Å². The number of rotatable bonds is 4. The number of aromatic nitrogens is 1. The lowest BCUT2D eigenvalue weighted by Crippen LogP contribution is -2.39. The molecule has 2 atom stereocenters. The average Bonchev–Trinajstić information content (AvgIpc) is 3.05. The Hall–Kier alpha value is -2.92. The summed E-state index contributed by atoms with van der Waals surface area (Å²) in [5, 5.41) is 1.23. The van der Waals surface area contributed by atoms with Crippen molar-refractivity contribution in [2.45, 2.75) is 46.1 Å². The largest absolute Gasteiger partial charge is 0.452 e. The fourth-order valence-electron chi connectivity index (χ4n) is 6.19. The number of carbonyl (C=O) groups is 2. The molecule has 5 nitrogen and oxygen atoms in total. The molecule has 176 valence electrons. The zero-order valence-corrected chi connectivity index (χ0v) is 20.6. The van der Waals surface area contributed by atoms with E-state index in [-0.39, 0.29) is 29.4 Å². The van der Waals surface area contributed by atoms with Crippen molar-refractivity contribution in [2.24, 2.45) is 10.8 Å². The van der Waals surface area contributed by atoms with E-state index in [1.54, 1.807) is 12.1 Å². The van der Waals surface area contributed by atoms with Crippen LogP contribution in [-0.4, -0.2) is 41.0 Å². The maximum Gasteiger partial charge on any atom is 0.339 e. The Labute approximate surface area is 205 Å². The third-order valence-corrected chi connectivity index (χ3v) is 7.48. The molecule has 1 aliphatic heterocycles. The van der Waals surface area contributed by atoms with Gasteiger partial charge < -0.3 is 9.64 Å². The summed E-state index contributed by atoms with van der Waals surface area (Å²) in [7, 11) is 0. The first-order chi connectivity index (χ1) is 16.1. The number of halogens is 1. The van der Waals surface area contributed by atoms with Crippen LogP contribution in [0.25, 0.3) is 22.2 Å². The van der Waals surface area contributed by atoms with E-state index in [4.69, 9.17) is 21.3 Å². The predicted octanol–water partition coefficient (Wildman–Crippen LogP) is 6.14. The van der Waals surface area contributed by atoms with Crippen molar-refractivity contribution in [3.05, 3.63) is 65.2 Å². The molecule has 1 saturated carbocycles. The first-order valence-corrected chi connectivity index (χ1v) is 12.1. The minimum atomic E-state index is -0.533. The van der Waals surface area contributed by atoms with E-state index in [1.807, 2.05) is 47.4 Å². The maximum absolute atomic E-state index is 13.2. The summed E-state index contributed by atoms with van der Waals surface area (Å²) in [6.45, 7) is 7.28. The highest BCUT2D eigenvalue weighted by Gasteiger charge is 2.50. The number of likely N-dealkylation sites (tertiary alicyclic amines) is 1. The highest BCUT2D eigenvalue weighted by molar-refractivity contribution is 6.33. The number of nitrogens with zero attached hydrogens (tertiary/aromatic N) is 2. The molecule has 2 heterocycles. The fraction of sp³-hybridized carbons (Fsp3) is 0.393. The zero-order valence-electron chi connectivity index (χ0n) is 19.8. The summed E-state index contributed by atoms with van der Waals surface area (Å²) >= 11 is 6.39. The number of fused-ring (bicyclic) bond motifs is 3. The zero-order chi connectivity index (χ0) is 24.1. The van der Waals surface area contributed by atoms with Crippen LogP contribution < -0.4 is 0 Å². The molecule has 5 rings (SSSR count). The Morgan fingerprint density at radius 2 is 1.82 bits per heavy atom. The molecule has 2 fully saturated rings. The summed E-state index contributed by atoms with van der Waals surface area (Å²) in [5.74, 6) is -0.654. The number of hydrogen-bond acceptors (Lipinski definition) is 4. The molecular weight excluding hydrogens is 448 g/mol. The summed E-state index contributed by atoms with van der Waals surface area (Å²) in [4.78, 5) is 32.9. The van der Waals surface area contributed by atoms with Crippen LogP contribution in [0.5, 0.6) is 0 Å². The van der Waals surface area contributed by atoms with Gasteiger partial charge in [0.15, 0.2) is 6.61 Å². The lowest BCUT2D eigenvalue weighted by molar-refractivity contribution is -0.135. The van der Waals surface area contributed by atoms with Crippen LogP contribution in [0.4, 0.5) is 0 Å². The predicted molar refractivity (Wildman–Crippen MR) is 134 cm³/mol. The van der Waals surface area contributed by atoms with E-state index < -0.39 is 5.97 Å². The molecule has 2 aromatic carbocycles. The lowest BCUT2D eigenvalue weighted by Gasteiger charge is -2.39. The molecule has 2 aliphatic rings. The summed E-state index contributed by atoms with van der Waals surface area (Å²) in [6.07, 6.45) is 3.11. The number of ether oxygens (including phenoxy) is 1. The minimum Gasteiger partial charge on any atom is -0.452 e. The molecule has 0 radical (unpaired) electrons. The molecular formula is C28H29ClN2O3. The van der Waals surface area contributed by atoms with Crippen LogP contribution in [0, 0.1) is 10.8 Å². The Morgan fingerprint density at radius 3 is 2.62 bits per heavy atom. The first-order valence-electron chi connectivity index (χ1n) is 11.8. The van der Waals surface area contributed by atoms with Crippen molar-refractivity contribution in [2.75, 3.05) is 13.2 Å². The molecule has 34 heavy (non-hydrogen) atoms. The van der Waals surface area contributed by atoms with Gasteiger partial charge in [0.2, 0.25) is 0 Å².